The van der Waals surface area contributed by atoms with Crippen LogP contribution in [0.2, 0.25) is 0 Å². The Kier molecular flexibility index (Phi) is 4.55. The molecule has 1 aromatic rings. The van der Waals surface area contributed by atoms with E-state index >= 15 is 0 Å². The van der Waals surface area contributed by atoms with Gasteiger partial charge in [0.15, 0.2) is 0 Å². The second kappa shape index (κ2) is 5.70. The van der Waals surface area contributed by atoms with E-state index in [1.807, 2.05) is 37.9 Å². The molecule has 0 amide bonds. The number of rotatable bonds is 6. The summed E-state index contributed by atoms with van der Waals surface area (Å²) in [7, 11) is 1.93. The minimum absolute atomic E-state index is 0.0582. The molecule has 1 aromatic heterocycles. The Labute approximate surface area is 95.9 Å². The van der Waals surface area contributed by atoms with Gasteiger partial charge in [-0.1, -0.05) is 6.92 Å². The first-order chi connectivity index (χ1) is 7.52. The van der Waals surface area contributed by atoms with Gasteiger partial charge in [-0.3, -0.25) is 9.69 Å². The van der Waals surface area contributed by atoms with Crippen LogP contribution in [-0.2, 0) is 11.3 Å². The van der Waals surface area contributed by atoms with Crippen molar-refractivity contribution in [1.82, 2.24) is 4.90 Å². The van der Waals surface area contributed by atoms with Crippen molar-refractivity contribution >= 4 is 5.97 Å². The maximum atomic E-state index is 10.7. The smallest absolute Gasteiger partial charge is 0.304 e. The van der Waals surface area contributed by atoms with Crippen LogP contribution in [0.25, 0.3) is 0 Å². The van der Waals surface area contributed by atoms with Crippen molar-refractivity contribution in [2.75, 3.05) is 7.05 Å². The number of carbonyl (C=O) groups is 1. The minimum Gasteiger partial charge on any atom is -0.481 e. The zero-order chi connectivity index (χ0) is 12.1. The Balaban J connectivity index is 2.55. The van der Waals surface area contributed by atoms with E-state index in [9.17, 15) is 4.79 Å². The molecule has 4 nitrogen and oxygen atoms in total. The Morgan fingerprint density at radius 1 is 1.56 bits per heavy atom. The SMILES string of the molecule is CCC(CC(=O)O)N(C)Cc1ccc(C)o1. The molecule has 1 heterocycles. The highest BCUT2D eigenvalue weighted by Gasteiger charge is 2.17. The van der Waals surface area contributed by atoms with Gasteiger partial charge in [-0.15, -0.1) is 0 Å². The van der Waals surface area contributed by atoms with E-state index in [-0.39, 0.29) is 12.5 Å². The Morgan fingerprint density at radius 2 is 2.25 bits per heavy atom. The molecular formula is C12H19NO3. The predicted molar refractivity (Wildman–Crippen MR) is 61.2 cm³/mol. The van der Waals surface area contributed by atoms with E-state index in [1.54, 1.807) is 0 Å². The molecule has 0 saturated carbocycles. The molecule has 90 valence electrons. The van der Waals surface area contributed by atoms with Crippen LogP contribution < -0.4 is 0 Å². The summed E-state index contributed by atoms with van der Waals surface area (Å²) in [5, 5.41) is 8.78. The maximum absolute atomic E-state index is 10.7. The molecule has 0 fully saturated rings. The lowest BCUT2D eigenvalue weighted by Crippen LogP contribution is -2.32. The van der Waals surface area contributed by atoms with E-state index < -0.39 is 5.97 Å². The first-order valence-electron chi connectivity index (χ1n) is 5.50. The summed E-state index contributed by atoms with van der Waals surface area (Å²) in [6, 6.07) is 3.91. The zero-order valence-electron chi connectivity index (χ0n) is 10.1. The molecule has 0 aliphatic carbocycles. The first-order valence-corrected chi connectivity index (χ1v) is 5.50. The number of carboxylic acids is 1. The molecule has 16 heavy (non-hydrogen) atoms. The molecule has 0 saturated heterocycles. The normalized spacial score (nSPS) is 13.0. The number of hydrogen-bond donors (Lipinski definition) is 1. The van der Waals surface area contributed by atoms with Crippen molar-refractivity contribution in [3.63, 3.8) is 0 Å². The van der Waals surface area contributed by atoms with E-state index in [2.05, 4.69) is 0 Å². The lowest BCUT2D eigenvalue weighted by atomic mass is 10.1. The molecule has 0 aromatic carbocycles. The summed E-state index contributed by atoms with van der Waals surface area (Å²) in [4.78, 5) is 12.7. The molecule has 0 aliphatic heterocycles. The lowest BCUT2D eigenvalue weighted by molar-refractivity contribution is -0.138. The second-order valence-corrected chi connectivity index (χ2v) is 4.09. The minimum atomic E-state index is -0.755. The van der Waals surface area contributed by atoms with E-state index in [0.29, 0.717) is 6.54 Å². The molecule has 0 bridgehead atoms. The summed E-state index contributed by atoms with van der Waals surface area (Å²) < 4.78 is 5.46. The van der Waals surface area contributed by atoms with Crippen LogP contribution >= 0.6 is 0 Å². The van der Waals surface area contributed by atoms with Gasteiger partial charge in [0.25, 0.3) is 0 Å². The number of furan rings is 1. The zero-order valence-corrected chi connectivity index (χ0v) is 10.1. The summed E-state index contributed by atoms with van der Waals surface area (Å²) in [6.45, 7) is 4.55. The number of aliphatic carboxylic acids is 1. The molecular weight excluding hydrogens is 206 g/mol. The molecule has 0 aliphatic rings. The second-order valence-electron chi connectivity index (χ2n) is 4.09. The fourth-order valence-electron chi connectivity index (χ4n) is 1.76. The summed E-state index contributed by atoms with van der Waals surface area (Å²) in [5.74, 6) is 1.01. The van der Waals surface area contributed by atoms with Crippen LogP contribution in [0.5, 0.6) is 0 Å². The van der Waals surface area contributed by atoms with Crippen molar-refractivity contribution in [3.05, 3.63) is 23.7 Å². The van der Waals surface area contributed by atoms with Crippen molar-refractivity contribution < 1.29 is 14.3 Å². The molecule has 1 unspecified atom stereocenters. The average molecular weight is 225 g/mol. The van der Waals surface area contributed by atoms with Crippen molar-refractivity contribution in [2.45, 2.75) is 39.3 Å². The van der Waals surface area contributed by atoms with Crippen LogP contribution in [0.4, 0.5) is 0 Å². The topological polar surface area (TPSA) is 53.7 Å². The van der Waals surface area contributed by atoms with Gasteiger partial charge in [-0.25, -0.2) is 0 Å². The predicted octanol–water partition coefficient (Wildman–Crippen LogP) is 2.27. The average Bonchev–Trinajstić information content (AvgIpc) is 2.60. The van der Waals surface area contributed by atoms with Crippen LogP contribution in [0.1, 0.15) is 31.3 Å². The van der Waals surface area contributed by atoms with Gasteiger partial charge in [0.05, 0.1) is 13.0 Å². The Morgan fingerprint density at radius 3 is 2.69 bits per heavy atom. The monoisotopic (exact) mass is 225 g/mol. The summed E-state index contributed by atoms with van der Waals surface area (Å²) in [5.41, 5.74) is 0. The van der Waals surface area contributed by atoms with E-state index in [1.165, 1.54) is 0 Å². The highest BCUT2D eigenvalue weighted by molar-refractivity contribution is 5.67. The van der Waals surface area contributed by atoms with Gasteiger partial charge in [0.1, 0.15) is 11.5 Å². The molecule has 0 radical (unpaired) electrons. The van der Waals surface area contributed by atoms with E-state index in [0.717, 1.165) is 17.9 Å². The fraction of sp³-hybridized carbons (Fsp3) is 0.583. The van der Waals surface area contributed by atoms with E-state index in [4.69, 9.17) is 9.52 Å². The largest absolute Gasteiger partial charge is 0.481 e. The Hall–Kier alpha value is -1.29. The van der Waals surface area contributed by atoms with Gasteiger partial charge in [-0.05, 0) is 32.5 Å². The third-order valence-electron chi connectivity index (χ3n) is 2.71. The maximum Gasteiger partial charge on any atom is 0.304 e. The van der Waals surface area contributed by atoms with Crippen molar-refractivity contribution in [3.8, 4) is 0 Å². The van der Waals surface area contributed by atoms with Crippen LogP contribution in [0.15, 0.2) is 16.5 Å². The molecule has 4 heteroatoms. The number of aryl methyl sites for hydroxylation is 1. The third-order valence-corrected chi connectivity index (χ3v) is 2.71. The molecule has 1 atom stereocenters. The standard InChI is InChI=1S/C12H19NO3/c1-4-10(7-12(14)15)13(3)8-11-6-5-9(2)16-11/h5-6,10H,4,7-8H2,1-3H3,(H,14,15). The number of hydrogen-bond acceptors (Lipinski definition) is 3. The van der Waals surface area contributed by atoms with Crippen molar-refractivity contribution in [1.29, 1.82) is 0 Å². The van der Waals surface area contributed by atoms with Crippen molar-refractivity contribution in [2.24, 2.45) is 0 Å². The number of nitrogens with zero attached hydrogens (tertiary/aromatic N) is 1. The molecule has 0 spiro atoms. The van der Waals surface area contributed by atoms with Crippen LogP contribution in [-0.4, -0.2) is 29.1 Å². The fourth-order valence-corrected chi connectivity index (χ4v) is 1.76. The molecule has 1 N–H and O–H groups in total. The summed E-state index contributed by atoms with van der Waals surface area (Å²) >= 11 is 0. The van der Waals surface area contributed by atoms with Gasteiger partial charge in [-0.2, -0.15) is 0 Å². The van der Waals surface area contributed by atoms with Crippen LogP contribution in [0.3, 0.4) is 0 Å². The van der Waals surface area contributed by atoms with Gasteiger partial charge in [0, 0.05) is 6.04 Å². The van der Waals surface area contributed by atoms with Crippen LogP contribution in [0, 0.1) is 6.92 Å². The Bertz CT molecular complexity index is 346. The van der Waals surface area contributed by atoms with Gasteiger partial charge >= 0.3 is 5.97 Å². The third kappa shape index (κ3) is 3.70. The molecule has 1 rings (SSSR count). The highest BCUT2D eigenvalue weighted by Crippen LogP contribution is 2.13. The summed E-state index contributed by atoms with van der Waals surface area (Å²) in [6.07, 6.45) is 0.995. The number of carboxylic acid groups (broad SMARTS) is 1. The quantitative estimate of drug-likeness (QED) is 0.807. The highest BCUT2D eigenvalue weighted by atomic mass is 16.4. The van der Waals surface area contributed by atoms with Gasteiger partial charge < -0.3 is 9.52 Å². The first kappa shape index (κ1) is 12.8. The lowest BCUT2D eigenvalue weighted by Gasteiger charge is -2.24. The van der Waals surface area contributed by atoms with Gasteiger partial charge in [0.2, 0.25) is 0 Å².